The number of likely N-dealkylation sites (N-methyl/N-ethyl adjacent to an activating group) is 1. The zero-order valence-electron chi connectivity index (χ0n) is 11.7. The van der Waals surface area contributed by atoms with Crippen molar-refractivity contribution in [2.75, 3.05) is 38.4 Å². The number of methoxy groups -OCH3 is 1. The number of nitrogen functional groups attached to an aromatic ring is 1. The van der Waals surface area contributed by atoms with Gasteiger partial charge >= 0.3 is 0 Å². The van der Waals surface area contributed by atoms with Crippen LogP contribution in [0, 0.1) is 0 Å². The summed E-state index contributed by atoms with van der Waals surface area (Å²) >= 11 is 0. The highest BCUT2D eigenvalue weighted by molar-refractivity contribution is 7.89. The van der Waals surface area contributed by atoms with E-state index in [0.717, 1.165) is 0 Å². The van der Waals surface area contributed by atoms with Crippen molar-refractivity contribution in [1.82, 2.24) is 4.72 Å². The highest BCUT2D eigenvalue weighted by Crippen LogP contribution is 2.27. The fourth-order valence-electron chi connectivity index (χ4n) is 1.70. The molecule has 0 aliphatic carbocycles. The molecule has 1 aromatic rings. The Balaban J connectivity index is 3.18. The number of hydrogen-bond donors (Lipinski definition) is 2. The number of rotatable bonds is 6. The molecule has 0 bridgehead atoms. The van der Waals surface area contributed by atoms with Crippen molar-refractivity contribution in [3.05, 3.63) is 18.2 Å². The van der Waals surface area contributed by atoms with Gasteiger partial charge < -0.3 is 15.4 Å². The Morgan fingerprint density at radius 2 is 2.11 bits per heavy atom. The van der Waals surface area contributed by atoms with Gasteiger partial charge in [-0.2, -0.15) is 0 Å². The smallest absolute Gasteiger partial charge is 0.240 e. The van der Waals surface area contributed by atoms with E-state index in [1.54, 1.807) is 19.2 Å². The first kappa shape index (κ1) is 15.7. The van der Waals surface area contributed by atoms with Crippen LogP contribution in [0.15, 0.2) is 23.1 Å². The summed E-state index contributed by atoms with van der Waals surface area (Å²) in [5.41, 5.74) is 7.11. The summed E-state index contributed by atoms with van der Waals surface area (Å²) in [5, 5.41) is 0. The quantitative estimate of drug-likeness (QED) is 0.750. The molecule has 1 rings (SSSR count). The SMILES string of the molecule is CNS(=O)(=O)c1ccc(N)c(N(C)C(C)COC)c1. The lowest BCUT2D eigenvalue weighted by molar-refractivity contribution is 0.183. The topological polar surface area (TPSA) is 84.7 Å². The van der Waals surface area contributed by atoms with Crippen LogP contribution >= 0.6 is 0 Å². The maximum Gasteiger partial charge on any atom is 0.240 e. The van der Waals surface area contributed by atoms with Gasteiger partial charge in [0.15, 0.2) is 0 Å². The summed E-state index contributed by atoms with van der Waals surface area (Å²) in [7, 11) is 1.38. The molecule has 0 radical (unpaired) electrons. The molecule has 1 atom stereocenters. The minimum atomic E-state index is -3.47. The van der Waals surface area contributed by atoms with Crippen LogP contribution in [0.3, 0.4) is 0 Å². The Bertz CT molecular complexity index is 531. The van der Waals surface area contributed by atoms with E-state index >= 15 is 0 Å². The summed E-state index contributed by atoms with van der Waals surface area (Å²) in [6.07, 6.45) is 0. The van der Waals surface area contributed by atoms with Gasteiger partial charge in [0.2, 0.25) is 10.0 Å². The minimum absolute atomic E-state index is 0.0832. The predicted molar refractivity (Wildman–Crippen MR) is 76.8 cm³/mol. The average Bonchev–Trinajstić information content (AvgIpc) is 2.38. The van der Waals surface area contributed by atoms with Crippen LogP contribution < -0.4 is 15.4 Å². The molecule has 1 unspecified atom stereocenters. The number of benzene rings is 1. The lowest BCUT2D eigenvalue weighted by atomic mass is 10.2. The van der Waals surface area contributed by atoms with Crippen molar-refractivity contribution in [3.8, 4) is 0 Å². The van der Waals surface area contributed by atoms with E-state index in [4.69, 9.17) is 10.5 Å². The minimum Gasteiger partial charge on any atom is -0.397 e. The first-order valence-electron chi connectivity index (χ1n) is 5.88. The number of ether oxygens (including phenoxy) is 1. The van der Waals surface area contributed by atoms with Crippen molar-refractivity contribution in [2.24, 2.45) is 0 Å². The Morgan fingerprint density at radius 1 is 1.47 bits per heavy atom. The van der Waals surface area contributed by atoms with E-state index in [2.05, 4.69) is 4.72 Å². The fraction of sp³-hybridized carbons (Fsp3) is 0.500. The lowest BCUT2D eigenvalue weighted by Gasteiger charge is -2.28. The summed E-state index contributed by atoms with van der Waals surface area (Å²) in [6.45, 7) is 2.50. The molecule has 1 aromatic carbocycles. The monoisotopic (exact) mass is 287 g/mol. The van der Waals surface area contributed by atoms with Gasteiger partial charge in [0.1, 0.15) is 0 Å². The van der Waals surface area contributed by atoms with Crippen molar-refractivity contribution < 1.29 is 13.2 Å². The van der Waals surface area contributed by atoms with E-state index in [9.17, 15) is 8.42 Å². The molecule has 0 aliphatic rings. The molecule has 0 saturated heterocycles. The van der Waals surface area contributed by atoms with Gasteiger partial charge in [-0.3, -0.25) is 0 Å². The molecule has 108 valence electrons. The van der Waals surface area contributed by atoms with Crippen molar-refractivity contribution >= 4 is 21.4 Å². The van der Waals surface area contributed by atoms with E-state index in [1.807, 2.05) is 18.9 Å². The lowest BCUT2D eigenvalue weighted by Crippen LogP contribution is -2.33. The maximum atomic E-state index is 11.8. The summed E-state index contributed by atoms with van der Waals surface area (Å²) in [5.74, 6) is 0. The molecular weight excluding hydrogens is 266 g/mol. The molecule has 0 saturated carbocycles. The molecule has 0 aromatic heterocycles. The molecule has 0 amide bonds. The average molecular weight is 287 g/mol. The van der Waals surface area contributed by atoms with Crippen LogP contribution in [0.5, 0.6) is 0 Å². The third kappa shape index (κ3) is 3.59. The standard InChI is InChI=1S/C12H21N3O3S/c1-9(8-18-4)15(3)12-7-10(5-6-11(12)13)19(16,17)14-2/h5-7,9,14H,8,13H2,1-4H3. The van der Waals surface area contributed by atoms with Crippen LogP contribution in [0.1, 0.15) is 6.92 Å². The van der Waals surface area contributed by atoms with Crippen LogP contribution in [0.25, 0.3) is 0 Å². The highest BCUT2D eigenvalue weighted by Gasteiger charge is 2.17. The van der Waals surface area contributed by atoms with E-state index in [-0.39, 0.29) is 10.9 Å². The third-order valence-electron chi connectivity index (χ3n) is 3.03. The summed E-state index contributed by atoms with van der Waals surface area (Å²) in [4.78, 5) is 2.09. The highest BCUT2D eigenvalue weighted by atomic mass is 32.2. The summed E-state index contributed by atoms with van der Waals surface area (Å²) in [6, 6.07) is 4.72. The van der Waals surface area contributed by atoms with Crippen molar-refractivity contribution in [1.29, 1.82) is 0 Å². The van der Waals surface area contributed by atoms with E-state index < -0.39 is 10.0 Å². The number of sulfonamides is 1. The fourth-order valence-corrected chi connectivity index (χ4v) is 2.45. The first-order valence-corrected chi connectivity index (χ1v) is 7.36. The van der Waals surface area contributed by atoms with Gasteiger partial charge in [0, 0.05) is 20.2 Å². The van der Waals surface area contributed by atoms with Gasteiger partial charge in [-0.15, -0.1) is 0 Å². The Hall–Kier alpha value is -1.31. The zero-order valence-corrected chi connectivity index (χ0v) is 12.5. The number of nitrogens with one attached hydrogen (secondary N) is 1. The van der Waals surface area contributed by atoms with Gasteiger partial charge in [-0.1, -0.05) is 0 Å². The Labute approximate surface area is 114 Å². The normalized spacial score (nSPS) is 13.3. The Morgan fingerprint density at radius 3 is 2.63 bits per heavy atom. The molecule has 19 heavy (non-hydrogen) atoms. The van der Waals surface area contributed by atoms with Gasteiger partial charge in [0.05, 0.1) is 22.9 Å². The van der Waals surface area contributed by atoms with Crippen LogP contribution in [0.2, 0.25) is 0 Å². The van der Waals surface area contributed by atoms with E-state index in [0.29, 0.717) is 18.0 Å². The largest absolute Gasteiger partial charge is 0.397 e. The maximum absolute atomic E-state index is 11.8. The predicted octanol–water partition coefficient (Wildman–Crippen LogP) is 0.648. The molecule has 0 spiro atoms. The Kier molecular flexibility index (Phi) is 5.16. The number of nitrogens with zero attached hydrogens (tertiary/aromatic N) is 1. The van der Waals surface area contributed by atoms with Gasteiger partial charge in [-0.25, -0.2) is 13.1 Å². The zero-order chi connectivity index (χ0) is 14.6. The van der Waals surface area contributed by atoms with Crippen LogP contribution in [0.4, 0.5) is 11.4 Å². The number of anilines is 2. The van der Waals surface area contributed by atoms with Gasteiger partial charge in [-0.05, 0) is 32.2 Å². The molecule has 0 fully saturated rings. The molecule has 7 heteroatoms. The third-order valence-corrected chi connectivity index (χ3v) is 4.44. The van der Waals surface area contributed by atoms with E-state index in [1.165, 1.54) is 13.1 Å². The van der Waals surface area contributed by atoms with Crippen LogP contribution in [-0.4, -0.2) is 42.3 Å². The molecular formula is C12H21N3O3S. The molecule has 0 aliphatic heterocycles. The summed E-state index contributed by atoms with van der Waals surface area (Å²) < 4.78 is 31.0. The molecule has 3 N–H and O–H groups in total. The van der Waals surface area contributed by atoms with Crippen molar-refractivity contribution in [3.63, 3.8) is 0 Å². The second kappa shape index (κ2) is 6.23. The molecule has 0 heterocycles. The number of nitrogens with two attached hydrogens (primary N) is 1. The second-order valence-corrected chi connectivity index (χ2v) is 6.23. The second-order valence-electron chi connectivity index (χ2n) is 4.34. The number of hydrogen-bond acceptors (Lipinski definition) is 5. The first-order chi connectivity index (χ1) is 8.83. The van der Waals surface area contributed by atoms with Gasteiger partial charge in [0.25, 0.3) is 0 Å². The van der Waals surface area contributed by atoms with Crippen LogP contribution in [-0.2, 0) is 14.8 Å². The molecule has 6 nitrogen and oxygen atoms in total. The van der Waals surface area contributed by atoms with Crippen molar-refractivity contribution in [2.45, 2.75) is 17.9 Å².